The average Bonchev–Trinajstić information content (AvgIpc) is 2.74. The van der Waals surface area contributed by atoms with E-state index in [1.165, 1.54) is 0 Å². The molecular weight excluding hydrogens is 470 g/mol. The molecule has 0 heterocycles. The summed E-state index contributed by atoms with van der Waals surface area (Å²) in [7, 11) is 3.31. The van der Waals surface area contributed by atoms with Crippen LogP contribution in [0.5, 0.6) is 5.75 Å². The summed E-state index contributed by atoms with van der Waals surface area (Å²) in [5, 5.41) is 55.4. The van der Waals surface area contributed by atoms with E-state index in [0.29, 0.717) is 11.3 Å². The number of aromatic hydroxyl groups is 1. The summed E-state index contributed by atoms with van der Waals surface area (Å²) >= 11 is 6.38. The number of benzene rings is 1. The molecule has 3 aliphatic carbocycles. The van der Waals surface area contributed by atoms with Crippen LogP contribution in [-0.4, -0.2) is 74.9 Å². The number of hydrogen-bond donors (Lipinski definition) is 7. The van der Waals surface area contributed by atoms with Crippen molar-refractivity contribution in [1.82, 2.24) is 0 Å². The van der Waals surface area contributed by atoms with Crippen molar-refractivity contribution in [1.29, 1.82) is 0 Å². The van der Waals surface area contributed by atoms with Crippen LogP contribution in [0.4, 0.5) is 11.4 Å². The van der Waals surface area contributed by atoms with Gasteiger partial charge in [0, 0.05) is 32.4 Å². The van der Waals surface area contributed by atoms with Crippen LogP contribution in [0.2, 0.25) is 5.02 Å². The summed E-state index contributed by atoms with van der Waals surface area (Å²) in [5.74, 6) is -9.56. The zero-order valence-electron chi connectivity index (χ0n) is 18.6. The molecular formula is C22H26ClN3O8. The average molecular weight is 496 g/mol. The summed E-state index contributed by atoms with van der Waals surface area (Å²) in [6, 6.07) is 0. The van der Waals surface area contributed by atoms with Crippen LogP contribution in [0, 0.1) is 17.8 Å². The monoisotopic (exact) mass is 495 g/mol. The Kier molecular flexibility index (Phi) is 5.40. The number of nitrogens with two attached hydrogens (primary N) is 2. The van der Waals surface area contributed by atoms with Gasteiger partial charge in [-0.1, -0.05) is 18.5 Å². The summed E-state index contributed by atoms with van der Waals surface area (Å²) in [6.45, 7) is 1.65. The molecule has 34 heavy (non-hydrogen) atoms. The van der Waals surface area contributed by atoms with E-state index in [-0.39, 0.29) is 16.3 Å². The smallest absolute Gasteiger partial charge is 0.255 e. The first-order valence-electron chi connectivity index (χ1n) is 10.6. The second kappa shape index (κ2) is 7.57. The molecule has 7 atom stereocenters. The Morgan fingerprint density at radius 3 is 2.32 bits per heavy atom. The quantitative estimate of drug-likeness (QED) is 0.160. The molecule has 11 nitrogen and oxygen atoms in total. The number of rotatable bonds is 2. The van der Waals surface area contributed by atoms with Crippen LogP contribution < -0.4 is 16.4 Å². The third-order valence-corrected chi connectivity index (χ3v) is 8.00. The van der Waals surface area contributed by atoms with Crippen molar-refractivity contribution < 1.29 is 39.9 Å². The van der Waals surface area contributed by atoms with E-state index in [2.05, 4.69) is 0 Å². The van der Waals surface area contributed by atoms with E-state index in [0.717, 1.165) is 0 Å². The third kappa shape index (κ3) is 2.78. The van der Waals surface area contributed by atoms with Gasteiger partial charge in [-0.25, -0.2) is 0 Å². The van der Waals surface area contributed by atoms with Gasteiger partial charge in [0.05, 0.1) is 34.0 Å². The number of halogens is 1. The van der Waals surface area contributed by atoms with Gasteiger partial charge < -0.3 is 41.9 Å². The number of phenols is 1. The number of aliphatic hydroxyl groups is 4. The third-order valence-electron chi connectivity index (χ3n) is 7.61. The van der Waals surface area contributed by atoms with E-state index in [4.69, 9.17) is 23.1 Å². The fourth-order valence-electron chi connectivity index (χ4n) is 6.07. The maximum atomic E-state index is 13.7. The van der Waals surface area contributed by atoms with Gasteiger partial charge in [0.1, 0.15) is 17.4 Å². The predicted molar refractivity (Wildman–Crippen MR) is 121 cm³/mol. The van der Waals surface area contributed by atoms with E-state index in [1.54, 1.807) is 25.9 Å². The predicted octanol–water partition coefficient (Wildman–Crippen LogP) is -0.421. The molecule has 1 amide bonds. The number of amides is 1. The highest BCUT2D eigenvalue weighted by Gasteiger charge is 2.67. The molecule has 1 fully saturated rings. The SMILES string of the molecule is C[C@H]1c2c(c(O)c(N)c(Cl)c2N(C)C)C(=O)C2C1[C@H](O)C1CC(=O)C(C(N)=O)=C(O)C1(O)C2O. The molecule has 0 saturated heterocycles. The van der Waals surface area contributed by atoms with Gasteiger partial charge in [-0.2, -0.15) is 0 Å². The first-order chi connectivity index (χ1) is 15.7. The van der Waals surface area contributed by atoms with Crippen molar-refractivity contribution in [3.8, 4) is 5.75 Å². The van der Waals surface area contributed by atoms with Gasteiger partial charge in [0.15, 0.2) is 22.9 Å². The standard InChI is InChI=1S/C22H26ClN3O8/c1-5-8-11(18(30)14(24)13(23)15(8)26(2)3)17(29)12-9(5)16(28)6-4-7(27)10(21(25)33)19(31)22(6,34)20(12)32/h5-6,9,12,16,20,28,30-32,34H,4,24H2,1-3H3,(H2,25,33)/t5-,6?,9?,12?,16+,20?,22?/m0/s1. The fourth-order valence-corrected chi connectivity index (χ4v) is 6.43. The number of carbonyl (C=O) groups excluding carboxylic acids is 3. The lowest BCUT2D eigenvalue weighted by molar-refractivity contribution is -0.209. The van der Waals surface area contributed by atoms with E-state index >= 15 is 0 Å². The molecule has 0 bridgehead atoms. The van der Waals surface area contributed by atoms with Crippen molar-refractivity contribution in [3.63, 3.8) is 0 Å². The Balaban J connectivity index is 2.00. The van der Waals surface area contributed by atoms with Gasteiger partial charge in [0.2, 0.25) is 0 Å². The number of nitrogen functional groups attached to an aromatic ring is 1. The number of Topliss-reactive ketones (excluding diaryl/α,β-unsaturated/α-hetero) is 2. The van der Waals surface area contributed by atoms with Crippen molar-refractivity contribution in [2.24, 2.45) is 23.5 Å². The van der Waals surface area contributed by atoms with Crippen LogP contribution in [0.15, 0.2) is 11.3 Å². The van der Waals surface area contributed by atoms with Gasteiger partial charge >= 0.3 is 0 Å². The largest absolute Gasteiger partial charge is 0.508 e. The fraction of sp³-hybridized carbons (Fsp3) is 0.500. The van der Waals surface area contributed by atoms with Gasteiger partial charge in [-0.15, -0.1) is 0 Å². The number of fused-ring (bicyclic) bond motifs is 3. The maximum absolute atomic E-state index is 13.7. The van der Waals surface area contributed by atoms with Gasteiger partial charge in [-0.3, -0.25) is 14.4 Å². The first-order valence-corrected chi connectivity index (χ1v) is 11.0. The molecule has 1 aromatic carbocycles. The number of nitrogens with zero attached hydrogens (tertiary/aromatic N) is 1. The van der Waals surface area contributed by atoms with Gasteiger partial charge in [-0.05, 0) is 11.5 Å². The highest BCUT2D eigenvalue weighted by atomic mass is 35.5. The van der Waals surface area contributed by atoms with Crippen LogP contribution in [0.1, 0.15) is 35.2 Å². The Bertz CT molecular complexity index is 1180. The lowest BCUT2D eigenvalue weighted by Crippen LogP contribution is -2.69. The minimum atomic E-state index is -2.70. The number of phenolic OH excluding ortho intramolecular Hbond substituents is 1. The lowest BCUT2D eigenvalue weighted by atomic mass is 9.51. The molecule has 5 unspecified atom stereocenters. The van der Waals surface area contributed by atoms with Crippen molar-refractivity contribution in [2.45, 2.75) is 37.1 Å². The Morgan fingerprint density at radius 2 is 1.79 bits per heavy atom. The number of hydrogen-bond acceptors (Lipinski definition) is 10. The van der Waals surface area contributed by atoms with Crippen LogP contribution >= 0.6 is 11.6 Å². The molecule has 3 aliphatic rings. The van der Waals surface area contributed by atoms with E-state index < -0.39 is 82.5 Å². The van der Waals surface area contributed by atoms with Gasteiger partial charge in [0.25, 0.3) is 5.91 Å². The summed E-state index contributed by atoms with van der Waals surface area (Å²) in [5.41, 5.74) is 7.69. The van der Waals surface area contributed by atoms with Crippen molar-refractivity contribution in [2.75, 3.05) is 24.7 Å². The molecule has 0 spiro atoms. The molecule has 4 rings (SSSR count). The molecule has 0 aromatic heterocycles. The van der Waals surface area contributed by atoms with E-state index in [9.17, 15) is 39.9 Å². The molecule has 12 heteroatoms. The Labute approximate surface area is 199 Å². The summed E-state index contributed by atoms with van der Waals surface area (Å²) in [4.78, 5) is 39.6. The van der Waals surface area contributed by atoms with Crippen LogP contribution in [0.3, 0.4) is 0 Å². The topological polar surface area (TPSA) is 208 Å². The summed E-state index contributed by atoms with van der Waals surface area (Å²) < 4.78 is 0. The highest BCUT2D eigenvalue weighted by molar-refractivity contribution is 6.37. The number of aliphatic hydroxyl groups excluding tert-OH is 3. The number of carbonyl (C=O) groups is 3. The zero-order chi connectivity index (χ0) is 25.6. The minimum absolute atomic E-state index is 0.00113. The first kappa shape index (κ1) is 24.3. The second-order valence-corrected chi connectivity index (χ2v) is 9.82. The van der Waals surface area contributed by atoms with Crippen molar-refractivity contribution in [3.05, 3.63) is 27.5 Å². The summed E-state index contributed by atoms with van der Waals surface area (Å²) in [6.07, 6.45) is -4.21. The molecule has 1 saturated carbocycles. The molecule has 9 N–H and O–H groups in total. The Morgan fingerprint density at radius 1 is 1.21 bits per heavy atom. The van der Waals surface area contributed by atoms with E-state index in [1.807, 2.05) is 0 Å². The number of ketones is 2. The normalized spacial score (nSPS) is 34.9. The zero-order valence-corrected chi connectivity index (χ0v) is 19.4. The number of anilines is 2. The Hall–Kier alpha value is -2.86. The molecule has 1 aromatic rings. The maximum Gasteiger partial charge on any atom is 0.255 e. The second-order valence-electron chi connectivity index (χ2n) is 9.45. The molecule has 184 valence electrons. The van der Waals surface area contributed by atoms with Crippen LogP contribution in [-0.2, 0) is 9.59 Å². The number of primary amides is 1. The van der Waals surface area contributed by atoms with Crippen LogP contribution in [0.25, 0.3) is 0 Å². The molecule has 0 aliphatic heterocycles. The minimum Gasteiger partial charge on any atom is -0.508 e. The van der Waals surface area contributed by atoms with Crippen molar-refractivity contribution >= 4 is 40.4 Å². The molecule has 0 radical (unpaired) electrons. The highest BCUT2D eigenvalue weighted by Crippen LogP contribution is 2.59. The lowest BCUT2D eigenvalue weighted by Gasteiger charge is -2.56.